The number of carbonyl (C=O) groups is 2. The number of rotatable bonds is 3. The van der Waals surface area contributed by atoms with Crippen molar-refractivity contribution < 1.29 is 14.4 Å². The van der Waals surface area contributed by atoms with Crippen molar-refractivity contribution in [3.05, 3.63) is 90.3 Å². The molecule has 2 saturated heterocycles. The summed E-state index contributed by atoms with van der Waals surface area (Å²) in [6, 6.07) is 20.2. The summed E-state index contributed by atoms with van der Waals surface area (Å²) in [5, 5.41) is 1.68. The third-order valence-corrected chi connectivity index (χ3v) is 5.44. The van der Waals surface area contributed by atoms with Crippen LogP contribution in [0, 0.1) is 12.8 Å². The Bertz CT molecular complexity index is 1050. The lowest BCUT2D eigenvalue weighted by molar-refractivity contribution is -0.126. The summed E-state index contributed by atoms with van der Waals surface area (Å²) >= 11 is 0. The van der Waals surface area contributed by atoms with E-state index in [1.165, 1.54) is 4.90 Å². The van der Waals surface area contributed by atoms with Crippen molar-refractivity contribution in [2.45, 2.75) is 19.1 Å². The number of pyridine rings is 1. The number of hydroxylamine groups is 1. The first kappa shape index (κ1) is 17.6. The van der Waals surface area contributed by atoms with Crippen molar-refractivity contribution in [1.29, 1.82) is 0 Å². The number of benzene rings is 2. The predicted molar refractivity (Wildman–Crippen MR) is 108 cm³/mol. The van der Waals surface area contributed by atoms with E-state index in [1.807, 2.05) is 61.5 Å². The fraction of sp³-hybridized carbons (Fsp3) is 0.174. The highest BCUT2D eigenvalue weighted by Crippen LogP contribution is 2.47. The number of aromatic nitrogens is 1. The molecule has 2 aliphatic heterocycles. The van der Waals surface area contributed by atoms with Gasteiger partial charge in [0.25, 0.3) is 5.91 Å². The van der Waals surface area contributed by atoms with Crippen LogP contribution in [-0.4, -0.2) is 22.9 Å². The van der Waals surface area contributed by atoms with Crippen LogP contribution in [0.25, 0.3) is 0 Å². The summed E-state index contributed by atoms with van der Waals surface area (Å²) in [5.74, 6) is -1.24. The van der Waals surface area contributed by atoms with Gasteiger partial charge in [0, 0.05) is 12.4 Å². The maximum absolute atomic E-state index is 13.4. The van der Waals surface area contributed by atoms with Gasteiger partial charge in [-0.25, -0.2) is 9.96 Å². The molecule has 2 amide bonds. The molecule has 2 aliphatic rings. The van der Waals surface area contributed by atoms with Gasteiger partial charge in [-0.15, -0.1) is 0 Å². The molecule has 29 heavy (non-hydrogen) atoms. The van der Waals surface area contributed by atoms with E-state index in [9.17, 15) is 9.59 Å². The molecule has 0 saturated carbocycles. The zero-order valence-corrected chi connectivity index (χ0v) is 15.8. The summed E-state index contributed by atoms with van der Waals surface area (Å²) in [6.45, 7) is 1.96. The van der Waals surface area contributed by atoms with E-state index in [4.69, 9.17) is 4.84 Å². The molecule has 3 atom stereocenters. The number of imide groups is 1. The van der Waals surface area contributed by atoms with Gasteiger partial charge in [0.05, 0.1) is 17.4 Å². The zero-order valence-electron chi connectivity index (χ0n) is 15.8. The number of amides is 2. The minimum absolute atomic E-state index is 0.254. The minimum atomic E-state index is -0.866. The predicted octanol–water partition coefficient (Wildman–Crippen LogP) is 3.44. The van der Waals surface area contributed by atoms with Crippen LogP contribution < -0.4 is 9.96 Å². The Labute approximate surface area is 168 Å². The summed E-state index contributed by atoms with van der Waals surface area (Å²) in [7, 11) is 0. The Morgan fingerprint density at radius 1 is 0.862 bits per heavy atom. The molecule has 3 heterocycles. The molecule has 0 radical (unpaired) electrons. The molecular weight excluding hydrogens is 366 g/mol. The molecule has 6 nitrogen and oxygen atoms in total. The number of nitrogens with zero attached hydrogens (tertiary/aromatic N) is 3. The average Bonchev–Trinajstić information content (AvgIpc) is 3.27. The van der Waals surface area contributed by atoms with Crippen molar-refractivity contribution in [3.8, 4) is 0 Å². The van der Waals surface area contributed by atoms with Crippen LogP contribution in [0.1, 0.15) is 17.2 Å². The third kappa shape index (κ3) is 2.80. The molecule has 2 fully saturated rings. The summed E-state index contributed by atoms with van der Waals surface area (Å²) in [6.07, 6.45) is 2.54. The largest absolute Gasteiger partial charge is 0.273 e. The summed E-state index contributed by atoms with van der Waals surface area (Å²) < 4.78 is 0. The van der Waals surface area contributed by atoms with Crippen molar-refractivity contribution in [2.24, 2.45) is 5.92 Å². The first-order valence-electron chi connectivity index (χ1n) is 9.50. The topological polar surface area (TPSA) is 62.7 Å². The number of anilines is 2. The van der Waals surface area contributed by atoms with E-state index >= 15 is 0 Å². The molecule has 6 heteroatoms. The highest BCUT2D eigenvalue weighted by atomic mass is 16.7. The summed E-state index contributed by atoms with van der Waals surface area (Å²) in [5.41, 5.74) is 3.25. The minimum Gasteiger partial charge on any atom is -0.273 e. The van der Waals surface area contributed by atoms with E-state index in [-0.39, 0.29) is 11.8 Å². The van der Waals surface area contributed by atoms with Gasteiger partial charge < -0.3 is 0 Å². The van der Waals surface area contributed by atoms with Gasteiger partial charge >= 0.3 is 0 Å². The highest BCUT2D eigenvalue weighted by molar-refractivity contribution is 6.23. The molecule has 1 aromatic heterocycles. The standard InChI is InChI=1S/C23H19N3O3/c1-15-9-11-17(12-10-15)25-22(27)19-20(16-6-5-13-24-14-16)26(29-21(19)23(25)28)18-7-3-2-4-8-18/h2-14,19-21H,1H3/t19-,20-,21+/m0/s1. The Hall–Kier alpha value is -3.51. The van der Waals surface area contributed by atoms with Gasteiger partial charge in [-0.2, -0.15) is 0 Å². The Morgan fingerprint density at radius 2 is 1.62 bits per heavy atom. The molecule has 0 spiro atoms. The molecule has 0 aliphatic carbocycles. The number of hydrogen-bond donors (Lipinski definition) is 0. The maximum Gasteiger partial charge on any atom is 0.266 e. The second kappa shape index (κ2) is 6.83. The van der Waals surface area contributed by atoms with Crippen molar-refractivity contribution in [2.75, 3.05) is 9.96 Å². The second-order valence-corrected chi connectivity index (χ2v) is 7.29. The van der Waals surface area contributed by atoms with E-state index in [2.05, 4.69) is 4.98 Å². The number of hydrogen-bond acceptors (Lipinski definition) is 5. The van der Waals surface area contributed by atoms with Crippen LogP contribution in [0.2, 0.25) is 0 Å². The van der Waals surface area contributed by atoms with Crippen LogP contribution in [0.15, 0.2) is 79.1 Å². The quantitative estimate of drug-likeness (QED) is 0.647. The molecule has 3 aromatic rings. The molecule has 2 aromatic carbocycles. The lowest BCUT2D eigenvalue weighted by Crippen LogP contribution is -2.37. The first-order chi connectivity index (χ1) is 14.1. The summed E-state index contributed by atoms with van der Waals surface area (Å²) in [4.78, 5) is 38.1. The van der Waals surface area contributed by atoms with Gasteiger partial charge in [0.1, 0.15) is 5.92 Å². The molecule has 0 N–H and O–H groups in total. The van der Waals surface area contributed by atoms with Gasteiger partial charge in [0.15, 0.2) is 6.10 Å². The molecule has 0 bridgehead atoms. The smallest absolute Gasteiger partial charge is 0.266 e. The van der Waals surface area contributed by atoms with Crippen LogP contribution in [-0.2, 0) is 14.4 Å². The van der Waals surface area contributed by atoms with E-state index in [0.717, 1.165) is 16.8 Å². The lowest BCUT2D eigenvalue weighted by Gasteiger charge is -2.28. The molecule has 0 unspecified atom stereocenters. The van der Waals surface area contributed by atoms with Crippen LogP contribution in [0.3, 0.4) is 0 Å². The van der Waals surface area contributed by atoms with Crippen LogP contribution >= 0.6 is 0 Å². The average molecular weight is 385 g/mol. The Morgan fingerprint density at radius 3 is 2.31 bits per heavy atom. The van der Waals surface area contributed by atoms with E-state index in [1.54, 1.807) is 29.6 Å². The van der Waals surface area contributed by atoms with Crippen molar-refractivity contribution in [1.82, 2.24) is 4.98 Å². The van der Waals surface area contributed by atoms with E-state index < -0.39 is 18.1 Å². The van der Waals surface area contributed by atoms with E-state index in [0.29, 0.717) is 5.69 Å². The van der Waals surface area contributed by atoms with Crippen molar-refractivity contribution in [3.63, 3.8) is 0 Å². The van der Waals surface area contributed by atoms with Gasteiger partial charge in [-0.3, -0.25) is 19.4 Å². The van der Waals surface area contributed by atoms with Gasteiger partial charge in [-0.05, 0) is 42.8 Å². The second-order valence-electron chi connectivity index (χ2n) is 7.29. The SMILES string of the molecule is Cc1ccc(N2C(=O)[C@@H]3[C@@H](ON(c4ccccc4)[C@H]3c3cccnc3)C2=O)cc1. The van der Waals surface area contributed by atoms with Gasteiger partial charge in [0.2, 0.25) is 5.91 Å². The normalized spacial score (nSPS) is 23.6. The van der Waals surface area contributed by atoms with Crippen LogP contribution in [0.5, 0.6) is 0 Å². The highest BCUT2D eigenvalue weighted by Gasteiger charge is 2.60. The third-order valence-electron chi connectivity index (χ3n) is 5.44. The van der Waals surface area contributed by atoms with Gasteiger partial charge in [-0.1, -0.05) is 42.0 Å². The Kier molecular flexibility index (Phi) is 4.14. The maximum atomic E-state index is 13.4. The fourth-order valence-electron chi connectivity index (χ4n) is 4.05. The molecule has 144 valence electrons. The lowest BCUT2D eigenvalue weighted by atomic mass is 9.91. The monoisotopic (exact) mass is 385 g/mol. The van der Waals surface area contributed by atoms with Crippen molar-refractivity contribution >= 4 is 23.2 Å². The molecular formula is C23H19N3O3. The molecule has 5 rings (SSSR count). The van der Waals surface area contributed by atoms with Crippen LogP contribution in [0.4, 0.5) is 11.4 Å². The first-order valence-corrected chi connectivity index (χ1v) is 9.50. The number of para-hydroxylation sites is 1. The fourth-order valence-corrected chi connectivity index (χ4v) is 4.05. The number of carbonyl (C=O) groups excluding carboxylic acids is 2. The zero-order chi connectivity index (χ0) is 20.0. The Balaban J connectivity index is 1.58. The number of aryl methyl sites for hydroxylation is 1. The number of fused-ring (bicyclic) bond motifs is 1.